The lowest BCUT2D eigenvalue weighted by Gasteiger charge is -2.35. The topological polar surface area (TPSA) is 41.2 Å². The molecule has 1 aliphatic rings. The minimum atomic E-state index is -0.206. The molecule has 2 heterocycles. The van der Waals surface area contributed by atoms with Crippen LogP contribution in [-0.4, -0.2) is 34.8 Å². The number of hydrogen-bond donors (Lipinski definition) is 1. The van der Waals surface area contributed by atoms with Gasteiger partial charge in [0.05, 0.1) is 17.8 Å². The Kier molecular flexibility index (Phi) is 4.51. The van der Waals surface area contributed by atoms with E-state index < -0.39 is 0 Å². The number of ether oxygens (including phenoxy) is 1. The Balaban J connectivity index is 1.44. The Hall–Kier alpha value is -2.24. The highest BCUT2D eigenvalue weighted by Gasteiger charge is 2.26. The SMILES string of the molecule is CN(Cc1ccc2cn[nH]c2c1)[C@H]1CCO[C@@H](c2ccc(F)cc2)C1. The van der Waals surface area contributed by atoms with Crippen molar-refractivity contribution in [2.75, 3.05) is 13.7 Å². The van der Waals surface area contributed by atoms with E-state index in [0.29, 0.717) is 6.04 Å². The number of aromatic nitrogens is 2. The van der Waals surface area contributed by atoms with E-state index in [1.165, 1.54) is 17.7 Å². The van der Waals surface area contributed by atoms with Gasteiger partial charge in [0.25, 0.3) is 0 Å². The second-order valence-electron chi connectivity index (χ2n) is 6.80. The van der Waals surface area contributed by atoms with Crippen molar-refractivity contribution in [1.29, 1.82) is 0 Å². The van der Waals surface area contributed by atoms with Crippen LogP contribution < -0.4 is 0 Å². The molecular formula is C20H22FN3O. The van der Waals surface area contributed by atoms with E-state index in [2.05, 4.69) is 40.3 Å². The second kappa shape index (κ2) is 6.94. The molecule has 2 aromatic carbocycles. The van der Waals surface area contributed by atoms with E-state index >= 15 is 0 Å². The molecule has 0 radical (unpaired) electrons. The highest BCUT2D eigenvalue weighted by Crippen LogP contribution is 2.31. The van der Waals surface area contributed by atoms with Crippen LogP contribution in [0.1, 0.15) is 30.1 Å². The van der Waals surface area contributed by atoms with E-state index in [4.69, 9.17) is 4.74 Å². The zero-order chi connectivity index (χ0) is 17.2. The highest BCUT2D eigenvalue weighted by molar-refractivity contribution is 5.78. The van der Waals surface area contributed by atoms with Crippen molar-refractivity contribution in [2.45, 2.75) is 31.5 Å². The van der Waals surface area contributed by atoms with Crippen molar-refractivity contribution in [1.82, 2.24) is 15.1 Å². The summed E-state index contributed by atoms with van der Waals surface area (Å²) in [5.74, 6) is -0.206. The maximum Gasteiger partial charge on any atom is 0.123 e. The van der Waals surface area contributed by atoms with Crippen molar-refractivity contribution in [3.8, 4) is 0 Å². The number of H-pyrrole nitrogens is 1. The van der Waals surface area contributed by atoms with Gasteiger partial charge in [0.2, 0.25) is 0 Å². The third kappa shape index (κ3) is 3.57. The highest BCUT2D eigenvalue weighted by atomic mass is 19.1. The molecule has 5 heteroatoms. The van der Waals surface area contributed by atoms with Crippen molar-refractivity contribution in [2.24, 2.45) is 0 Å². The summed E-state index contributed by atoms with van der Waals surface area (Å²) in [6.45, 7) is 1.62. The first-order valence-electron chi connectivity index (χ1n) is 8.68. The number of benzene rings is 2. The molecule has 4 rings (SSSR count). The molecule has 1 saturated heterocycles. The van der Waals surface area contributed by atoms with Gasteiger partial charge in [0.15, 0.2) is 0 Å². The van der Waals surface area contributed by atoms with Crippen molar-refractivity contribution >= 4 is 10.9 Å². The van der Waals surface area contributed by atoms with Crippen molar-refractivity contribution in [3.05, 3.63) is 65.6 Å². The first kappa shape index (κ1) is 16.2. The number of aromatic amines is 1. The number of hydrogen-bond acceptors (Lipinski definition) is 3. The maximum absolute atomic E-state index is 13.1. The molecule has 1 fully saturated rings. The fourth-order valence-electron chi connectivity index (χ4n) is 3.59. The molecule has 0 bridgehead atoms. The van der Waals surface area contributed by atoms with Crippen LogP contribution in [0.15, 0.2) is 48.7 Å². The monoisotopic (exact) mass is 339 g/mol. The molecule has 25 heavy (non-hydrogen) atoms. The summed E-state index contributed by atoms with van der Waals surface area (Å²) in [6.07, 6.45) is 3.82. The van der Waals surface area contributed by atoms with Crippen LogP contribution in [0.5, 0.6) is 0 Å². The van der Waals surface area contributed by atoms with Crippen LogP contribution in [0.3, 0.4) is 0 Å². The van der Waals surface area contributed by atoms with Crippen molar-refractivity contribution < 1.29 is 9.13 Å². The molecule has 0 aliphatic carbocycles. The van der Waals surface area contributed by atoms with Gasteiger partial charge in [-0.05, 0) is 49.2 Å². The van der Waals surface area contributed by atoms with Crippen LogP contribution in [0.4, 0.5) is 4.39 Å². The molecule has 1 N–H and O–H groups in total. The summed E-state index contributed by atoms with van der Waals surface area (Å²) in [4.78, 5) is 2.39. The Morgan fingerprint density at radius 3 is 2.92 bits per heavy atom. The molecule has 130 valence electrons. The third-order valence-corrected chi connectivity index (χ3v) is 5.06. The van der Waals surface area contributed by atoms with Gasteiger partial charge in [-0.1, -0.05) is 24.3 Å². The number of fused-ring (bicyclic) bond motifs is 1. The lowest BCUT2D eigenvalue weighted by atomic mass is 9.96. The minimum Gasteiger partial charge on any atom is -0.373 e. The van der Waals surface area contributed by atoms with Gasteiger partial charge in [-0.15, -0.1) is 0 Å². The summed E-state index contributed by atoms with van der Waals surface area (Å²) in [5.41, 5.74) is 3.39. The summed E-state index contributed by atoms with van der Waals surface area (Å²) >= 11 is 0. The third-order valence-electron chi connectivity index (χ3n) is 5.06. The second-order valence-corrected chi connectivity index (χ2v) is 6.80. The summed E-state index contributed by atoms with van der Waals surface area (Å²) in [7, 11) is 2.16. The Morgan fingerprint density at radius 1 is 1.24 bits per heavy atom. The maximum atomic E-state index is 13.1. The van der Waals surface area contributed by atoms with Crippen LogP contribution >= 0.6 is 0 Å². The molecule has 0 saturated carbocycles. The van der Waals surface area contributed by atoms with Crippen LogP contribution in [0, 0.1) is 5.82 Å². The number of rotatable bonds is 4. The molecule has 1 aliphatic heterocycles. The lowest BCUT2D eigenvalue weighted by Crippen LogP contribution is -2.37. The van der Waals surface area contributed by atoms with E-state index in [1.807, 2.05) is 18.3 Å². The molecule has 1 aromatic heterocycles. The molecule has 4 nitrogen and oxygen atoms in total. The van der Waals surface area contributed by atoms with E-state index in [0.717, 1.165) is 42.5 Å². The lowest BCUT2D eigenvalue weighted by molar-refractivity contribution is -0.0249. The molecule has 0 amide bonds. The number of halogens is 1. The standard InChI is InChI=1S/C20H22FN3O/c1-24(13-14-2-3-16-12-22-23-19(16)10-14)18-8-9-25-20(11-18)15-4-6-17(21)7-5-15/h2-7,10,12,18,20H,8-9,11,13H2,1H3,(H,22,23)/t18-,20+/m0/s1. The average molecular weight is 339 g/mol. The van der Waals surface area contributed by atoms with Gasteiger partial charge in [-0.25, -0.2) is 4.39 Å². The van der Waals surface area contributed by atoms with Gasteiger partial charge >= 0.3 is 0 Å². The number of nitrogens with zero attached hydrogens (tertiary/aromatic N) is 2. The van der Waals surface area contributed by atoms with Crippen LogP contribution in [0.25, 0.3) is 10.9 Å². The minimum absolute atomic E-state index is 0.0388. The quantitative estimate of drug-likeness (QED) is 0.779. The number of nitrogens with one attached hydrogen (secondary N) is 1. The molecule has 2 atom stereocenters. The normalized spacial score (nSPS) is 21.1. The van der Waals surface area contributed by atoms with E-state index in [-0.39, 0.29) is 11.9 Å². The first-order chi connectivity index (χ1) is 12.2. The zero-order valence-corrected chi connectivity index (χ0v) is 14.3. The predicted molar refractivity (Wildman–Crippen MR) is 95.7 cm³/mol. The van der Waals surface area contributed by atoms with Gasteiger partial charge in [0.1, 0.15) is 5.82 Å². The van der Waals surface area contributed by atoms with E-state index in [1.54, 1.807) is 0 Å². The smallest absolute Gasteiger partial charge is 0.123 e. The zero-order valence-electron chi connectivity index (χ0n) is 14.3. The molecule has 0 spiro atoms. The van der Waals surface area contributed by atoms with Gasteiger partial charge in [-0.3, -0.25) is 10.00 Å². The Morgan fingerprint density at radius 2 is 2.08 bits per heavy atom. The summed E-state index contributed by atoms with van der Waals surface area (Å²) in [6, 6.07) is 13.5. The average Bonchev–Trinajstić information content (AvgIpc) is 3.10. The van der Waals surface area contributed by atoms with Gasteiger partial charge in [-0.2, -0.15) is 5.10 Å². The summed E-state index contributed by atoms with van der Waals surface area (Å²) in [5, 5.41) is 8.24. The molecule has 3 aromatic rings. The molecular weight excluding hydrogens is 317 g/mol. The van der Waals surface area contributed by atoms with Gasteiger partial charge < -0.3 is 4.74 Å². The van der Waals surface area contributed by atoms with Crippen LogP contribution in [0.2, 0.25) is 0 Å². The van der Waals surface area contributed by atoms with Gasteiger partial charge in [0, 0.05) is 24.6 Å². The fourth-order valence-corrected chi connectivity index (χ4v) is 3.59. The summed E-state index contributed by atoms with van der Waals surface area (Å²) < 4.78 is 19.1. The largest absolute Gasteiger partial charge is 0.373 e. The van der Waals surface area contributed by atoms with Crippen LogP contribution in [-0.2, 0) is 11.3 Å². The first-order valence-corrected chi connectivity index (χ1v) is 8.68. The Bertz CT molecular complexity index is 846. The molecule has 0 unspecified atom stereocenters. The van der Waals surface area contributed by atoms with E-state index in [9.17, 15) is 4.39 Å². The predicted octanol–water partition coefficient (Wildman–Crippen LogP) is 4.05. The van der Waals surface area contributed by atoms with Crippen molar-refractivity contribution in [3.63, 3.8) is 0 Å². The fraction of sp³-hybridized carbons (Fsp3) is 0.350. The Labute approximate surface area is 146 Å².